The van der Waals surface area contributed by atoms with Gasteiger partial charge in [-0.25, -0.2) is 0 Å². The number of halogens is 1. The van der Waals surface area contributed by atoms with E-state index in [9.17, 15) is 0 Å². The lowest BCUT2D eigenvalue weighted by Crippen LogP contribution is -2.26. The Morgan fingerprint density at radius 1 is 1.57 bits per heavy atom. The van der Waals surface area contributed by atoms with Crippen LogP contribution < -0.4 is 10.2 Å². The first-order valence-electron chi connectivity index (χ1n) is 4.52. The van der Waals surface area contributed by atoms with Gasteiger partial charge in [0.25, 0.3) is 0 Å². The summed E-state index contributed by atoms with van der Waals surface area (Å²) < 4.78 is 6.77. The van der Waals surface area contributed by atoms with Gasteiger partial charge in [-0.05, 0) is 40.8 Å². The van der Waals surface area contributed by atoms with E-state index >= 15 is 0 Å². The van der Waals surface area contributed by atoms with Crippen LogP contribution in [0.25, 0.3) is 0 Å². The summed E-state index contributed by atoms with van der Waals surface area (Å²) in [7, 11) is 1.64. The van der Waals surface area contributed by atoms with Crippen molar-refractivity contribution in [3.05, 3.63) is 27.3 Å². The Morgan fingerprint density at radius 2 is 2.43 bits per heavy atom. The molecule has 1 N–H and O–H groups in total. The van der Waals surface area contributed by atoms with Gasteiger partial charge in [0.2, 0.25) is 0 Å². The van der Waals surface area contributed by atoms with Gasteiger partial charge in [-0.15, -0.1) is 0 Å². The van der Waals surface area contributed by atoms with Gasteiger partial charge in [0.1, 0.15) is 5.75 Å². The molecular formula is C10H12INO2. The van der Waals surface area contributed by atoms with Gasteiger partial charge in [-0.2, -0.15) is 5.48 Å². The highest BCUT2D eigenvalue weighted by atomic mass is 127. The van der Waals surface area contributed by atoms with Crippen LogP contribution in [0, 0.1) is 3.57 Å². The van der Waals surface area contributed by atoms with Crippen molar-refractivity contribution in [2.75, 3.05) is 13.7 Å². The highest BCUT2D eigenvalue weighted by Gasteiger charge is 2.21. The molecular weight excluding hydrogens is 293 g/mol. The monoisotopic (exact) mass is 305 g/mol. The average molecular weight is 305 g/mol. The first kappa shape index (κ1) is 10.2. The van der Waals surface area contributed by atoms with Crippen LogP contribution in [-0.2, 0) is 4.84 Å². The molecule has 14 heavy (non-hydrogen) atoms. The molecule has 1 aromatic carbocycles. The normalized spacial score (nSPS) is 20.0. The Kier molecular flexibility index (Phi) is 3.25. The largest absolute Gasteiger partial charge is 0.493 e. The quantitative estimate of drug-likeness (QED) is 0.671. The molecule has 0 saturated carbocycles. The van der Waals surface area contributed by atoms with E-state index in [4.69, 9.17) is 9.57 Å². The van der Waals surface area contributed by atoms with Gasteiger partial charge in [0.05, 0.1) is 19.8 Å². The Balaban J connectivity index is 2.32. The molecule has 0 spiro atoms. The molecule has 0 bridgehead atoms. The lowest BCUT2D eigenvalue weighted by molar-refractivity contribution is 0.0463. The maximum absolute atomic E-state index is 5.56. The number of ether oxygens (including phenoxy) is 1. The zero-order valence-electron chi connectivity index (χ0n) is 7.92. The van der Waals surface area contributed by atoms with Gasteiger partial charge in [-0.3, -0.25) is 0 Å². The van der Waals surface area contributed by atoms with E-state index in [2.05, 4.69) is 40.2 Å². The smallest absolute Gasteiger partial charge is 0.124 e. The molecule has 3 nitrogen and oxygen atoms in total. The van der Waals surface area contributed by atoms with Crippen molar-refractivity contribution >= 4 is 22.6 Å². The van der Waals surface area contributed by atoms with E-state index in [-0.39, 0.29) is 6.04 Å². The van der Waals surface area contributed by atoms with Gasteiger partial charge >= 0.3 is 0 Å². The molecule has 0 aromatic heterocycles. The van der Waals surface area contributed by atoms with E-state index in [1.807, 2.05) is 6.07 Å². The number of hydrogen-bond acceptors (Lipinski definition) is 3. The number of rotatable bonds is 2. The van der Waals surface area contributed by atoms with Crippen LogP contribution >= 0.6 is 22.6 Å². The molecule has 1 atom stereocenters. The summed E-state index contributed by atoms with van der Waals surface area (Å²) in [6, 6.07) is 6.44. The second kappa shape index (κ2) is 4.46. The minimum absolute atomic E-state index is 0.249. The van der Waals surface area contributed by atoms with Crippen molar-refractivity contribution < 1.29 is 9.57 Å². The number of hydroxylamine groups is 1. The third-order valence-corrected chi connectivity index (χ3v) is 2.94. The first-order chi connectivity index (χ1) is 6.81. The molecule has 0 amide bonds. The second-order valence-electron chi connectivity index (χ2n) is 3.19. The van der Waals surface area contributed by atoms with E-state index in [0.717, 1.165) is 18.8 Å². The van der Waals surface area contributed by atoms with Crippen molar-refractivity contribution in [3.8, 4) is 5.75 Å². The fourth-order valence-corrected chi connectivity index (χ4v) is 2.15. The van der Waals surface area contributed by atoms with Crippen LogP contribution in [0.3, 0.4) is 0 Å². The molecule has 4 heteroatoms. The molecule has 1 unspecified atom stereocenters. The van der Waals surface area contributed by atoms with Crippen LogP contribution in [0.5, 0.6) is 5.75 Å². The number of fused-ring (bicyclic) bond motifs is 1. The molecule has 0 saturated heterocycles. The van der Waals surface area contributed by atoms with Crippen molar-refractivity contribution in [3.63, 3.8) is 0 Å². The van der Waals surface area contributed by atoms with Crippen molar-refractivity contribution in [1.29, 1.82) is 0 Å². The molecule has 1 aromatic rings. The van der Waals surface area contributed by atoms with Gasteiger partial charge in [-0.1, -0.05) is 0 Å². The second-order valence-corrected chi connectivity index (χ2v) is 4.44. The van der Waals surface area contributed by atoms with Crippen LogP contribution in [0.4, 0.5) is 0 Å². The van der Waals surface area contributed by atoms with Crippen molar-refractivity contribution in [2.24, 2.45) is 0 Å². The maximum Gasteiger partial charge on any atom is 0.124 e. The zero-order valence-corrected chi connectivity index (χ0v) is 10.1. The lowest BCUT2D eigenvalue weighted by atomic mass is 10.0. The Hall–Kier alpha value is -0.330. The molecule has 0 fully saturated rings. The summed E-state index contributed by atoms with van der Waals surface area (Å²) in [6.45, 7) is 0.745. The fraction of sp³-hybridized carbons (Fsp3) is 0.400. The molecule has 0 aliphatic carbocycles. The summed E-state index contributed by atoms with van der Waals surface area (Å²) in [5, 5.41) is 0. The summed E-state index contributed by atoms with van der Waals surface area (Å²) in [5.41, 5.74) is 4.17. The van der Waals surface area contributed by atoms with Gasteiger partial charge < -0.3 is 9.57 Å². The number of benzene rings is 1. The number of hydrogen-bond donors (Lipinski definition) is 1. The van der Waals surface area contributed by atoms with Crippen LogP contribution in [0.2, 0.25) is 0 Å². The average Bonchev–Trinajstić information content (AvgIpc) is 2.19. The van der Waals surface area contributed by atoms with Crippen LogP contribution in [-0.4, -0.2) is 13.7 Å². The Morgan fingerprint density at radius 3 is 3.21 bits per heavy atom. The summed E-state index contributed by atoms with van der Waals surface area (Å²) in [5.74, 6) is 0.964. The fourth-order valence-electron chi connectivity index (χ4n) is 1.63. The predicted octanol–water partition coefficient (Wildman–Crippen LogP) is 2.27. The third-order valence-electron chi connectivity index (χ3n) is 2.27. The molecule has 76 valence electrons. The predicted molar refractivity (Wildman–Crippen MR) is 62.2 cm³/mol. The first-order valence-corrected chi connectivity index (χ1v) is 5.60. The molecule has 1 heterocycles. The Bertz CT molecular complexity index is 330. The molecule has 1 aliphatic rings. The molecule has 2 rings (SSSR count). The molecule has 1 aliphatic heterocycles. The summed E-state index contributed by atoms with van der Waals surface area (Å²) >= 11 is 2.30. The minimum Gasteiger partial charge on any atom is -0.493 e. The van der Waals surface area contributed by atoms with Crippen LogP contribution in [0.15, 0.2) is 18.2 Å². The number of nitrogens with one attached hydrogen (secondary N) is 1. The van der Waals surface area contributed by atoms with Gasteiger partial charge in [0.15, 0.2) is 0 Å². The summed E-state index contributed by atoms with van der Waals surface area (Å²) in [6.07, 6.45) is 0.945. The highest BCUT2D eigenvalue weighted by Crippen LogP contribution is 2.32. The SMILES string of the molecule is CONC1CCOc2ccc(I)cc21. The van der Waals surface area contributed by atoms with Crippen molar-refractivity contribution in [2.45, 2.75) is 12.5 Å². The van der Waals surface area contributed by atoms with Gasteiger partial charge in [0, 0.05) is 15.6 Å². The standard InChI is InChI=1S/C10H12INO2/c1-13-12-9-4-5-14-10-3-2-7(11)6-8(9)10/h2-3,6,9,12H,4-5H2,1H3. The van der Waals surface area contributed by atoms with E-state index in [1.54, 1.807) is 7.11 Å². The maximum atomic E-state index is 5.56. The lowest BCUT2D eigenvalue weighted by Gasteiger charge is -2.25. The molecule has 0 radical (unpaired) electrons. The minimum atomic E-state index is 0.249. The van der Waals surface area contributed by atoms with E-state index < -0.39 is 0 Å². The van der Waals surface area contributed by atoms with E-state index in [0.29, 0.717) is 0 Å². The van der Waals surface area contributed by atoms with Crippen LogP contribution in [0.1, 0.15) is 18.0 Å². The van der Waals surface area contributed by atoms with Crippen molar-refractivity contribution in [1.82, 2.24) is 5.48 Å². The van der Waals surface area contributed by atoms with E-state index in [1.165, 1.54) is 9.13 Å². The zero-order chi connectivity index (χ0) is 9.97. The Labute approximate surface area is 96.9 Å². The third kappa shape index (κ3) is 2.02. The highest BCUT2D eigenvalue weighted by molar-refractivity contribution is 14.1. The topological polar surface area (TPSA) is 30.5 Å². The summed E-state index contributed by atoms with van der Waals surface area (Å²) in [4.78, 5) is 4.97.